The fourth-order valence-corrected chi connectivity index (χ4v) is 2.43. The van der Waals surface area contributed by atoms with Gasteiger partial charge in [-0.05, 0) is 48.4 Å². The van der Waals surface area contributed by atoms with Crippen molar-refractivity contribution >= 4 is 11.9 Å². The molecule has 0 fully saturated rings. The van der Waals surface area contributed by atoms with E-state index in [4.69, 9.17) is 9.47 Å². The summed E-state index contributed by atoms with van der Waals surface area (Å²) in [6.45, 7) is 0. The second-order valence-corrected chi connectivity index (χ2v) is 5.63. The van der Waals surface area contributed by atoms with E-state index in [-0.39, 0.29) is 11.9 Å². The van der Waals surface area contributed by atoms with Gasteiger partial charge < -0.3 is 9.47 Å². The number of hydrogen-bond acceptors (Lipinski definition) is 5. The standard InChI is InChI=1S/C19H20N4O3/c1-25-15-8-3-13(4-9-15)5-12-17(24)20-19-21-18(22-23-19)14-6-10-16(26-2)11-7-14/h3-4,6-11H,5,12H2,1-2H3,(H2,20,21,22,23,24). The van der Waals surface area contributed by atoms with E-state index in [9.17, 15) is 4.79 Å². The molecule has 134 valence electrons. The summed E-state index contributed by atoms with van der Waals surface area (Å²) in [5, 5.41) is 9.56. The van der Waals surface area contributed by atoms with Crippen LogP contribution in [-0.4, -0.2) is 35.3 Å². The lowest BCUT2D eigenvalue weighted by Crippen LogP contribution is -2.13. The van der Waals surface area contributed by atoms with E-state index in [0.29, 0.717) is 18.7 Å². The Hall–Kier alpha value is -3.35. The summed E-state index contributed by atoms with van der Waals surface area (Å²) < 4.78 is 10.2. The van der Waals surface area contributed by atoms with Crippen molar-refractivity contribution in [3.05, 3.63) is 54.1 Å². The number of aromatic nitrogens is 3. The highest BCUT2D eigenvalue weighted by molar-refractivity contribution is 5.89. The van der Waals surface area contributed by atoms with Crippen LogP contribution < -0.4 is 14.8 Å². The van der Waals surface area contributed by atoms with Gasteiger partial charge in [-0.25, -0.2) is 0 Å². The van der Waals surface area contributed by atoms with E-state index >= 15 is 0 Å². The quantitative estimate of drug-likeness (QED) is 0.682. The number of carbonyl (C=O) groups is 1. The summed E-state index contributed by atoms with van der Waals surface area (Å²) in [6.07, 6.45) is 0.977. The number of methoxy groups -OCH3 is 2. The third-order valence-corrected chi connectivity index (χ3v) is 3.90. The second-order valence-electron chi connectivity index (χ2n) is 5.63. The van der Waals surface area contributed by atoms with Gasteiger partial charge in [0.1, 0.15) is 11.5 Å². The molecule has 0 atom stereocenters. The lowest BCUT2D eigenvalue weighted by atomic mass is 10.1. The summed E-state index contributed by atoms with van der Waals surface area (Å²) in [5.41, 5.74) is 1.92. The van der Waals surface area contributed by atoms with Gasteiger partial charge in [0, 0.05) is 12.0 Å². The van der Waals surface area contributed by atoms with Crippen LogP contribution in [0.4, 0.5) is 5.95 Å². The minimum absolute atomic E-state index is 0.138. The summed E-state index contributed by atoms with van der Waals surface area (Å²) >= 11 is 0. The van der Waals surface area contributed by atoms with Crippen molar-refractivity contribution in [2.75, 3.05) is 19.5 Å². The van der Waals surface area contributed by atoms with Crippen LogP contribution in [0.25, 0.3) is 11.4 Å². The molecule has 2 aromatic carbocycles. The highest BCUT2D eigenvalue weighted by Gasteiger charge is 2.09. The fraction of sp³-hybridized carbons (Fsp3) is 0.211. The van der Waals surface area contributed by atoms with Crippen molar-refractivity contribution in [2.45, 2.75) is 12.8 Å². The number of hydrogen-bond donors (Lipinski definition) is 2. The minimum atomic E-state index is -0.138. The lowest BCUT2D eigenvalue weighted by molar-refractivity contribution is -0.116. The number of aryl methyl sites for hydroxylation is 1. The largest absolute Gasteiger partial charge is 0.497 e. The molecule has 0 aliphatic heterocycles. The first-order valence-electron chi connectivity index (χ1n) is 8.17. The smallest absolute Gasteiger partial charge is 0.249 e. The normalized spacial score (nSPS) is 10.4. The molecule has 0 saturated heterocycles. The maximum Gasteiger partial charge on any atom is 0.249 e. The SMILES string of the molecule is COc1ccc(CCC(=O)Nc2n[nH]c(-c3ccc(OC)cc3)n2)cc1. The molecule has 0 bridgehead atoms. The summed E-state index contributed by atoms with van der Waals surface area (Å²) in [5.74, 6) is 2.26. The van der Waals surface area contributed by atoms with Gasteiger partial charge in [0.15, 0.2) is 5.82 Å². The highest BCUT2D eigenvalue weighted by atomic mass is 16.5. The molecule has 2 N–H and O–H groups in total. The molecule has 1 aromatic heterocycles. The molecule has 0 radical (unpaired) electrons. The maximum atomic E-state index is 12.1. The van der Waals surface area contributed by atoms with Crippen LogP contribution in [0, 0.1) is 0 Å². The molecule has 7 heteroatoms. The van der Waals surface area contributed by atoms with E-state index in [1.165, 1.54) is 0 Å². The first-order valence-corrected chi connectivity index (χ1v) is 8.17. The summed E-state index contributed by atoms with van der Waals surface area (Å²) in [6, 6.07) is 15.1. The highest BCUT2D eigenvalue weighted by Crippen LogP contribution is 2.20. The van der Waals surface area contributed by atoms with Gasteiger partial charge in [-0.2, -0.15) is 4.98 Å². The van der Waals surface area contributed by atoms with Crippen LogP contribution in [0.5, 0.6) is 11.5 Å². The molecule has 1 amide bonds. The average molecular weight is 352 g/mol. The molecule has 26 heavy (non-hydrogen) atoms. The third-order valence-electron chi connectivity index (χ3n) is 3.90. The Morgan fingerprint density at radius 2 is 1.62 bits per heavy atom. The van der Waals surface area contributed by atoms with Gasteiger partial charge >= 0.3 is 0 Å². The number of amides is 1. The molecule has 3 rings (SSSR count). The van der Waals surface area contributed by atoms with Crippen LogP contribution >= 0.6 is 0 Å². The molecular formula is C19H20N4O3. The number of H-pyrrole nitrogens is 1. The molecule has 1 heterocycles. The first-order chi connectivity index (χ1) is 12.7. The predicted molar refractivity (Wildman–Crippen MR) is 98.3 cm³/mol. The van der Waals surface area contributed by atoms with Crippen molar-refractivity contribution in [3.63, 3.8) is 0 Å². The Balaban J connectivity index is 1.55. The van der Waals surface area contributed by atoms with E-state index in [2.05, 4.69) is 20.5 Å². The Morgan fingerprint density at radius 1 is 1.00 bits per heavy atom. The van der Waals surface area contributed by atoms with Gasteiger partial charge in [-0.1, -0.05) is 12.1 Å². The van der Waals surface area contributed by atoms with E-state index in [1.54, 1.807) is 14.2 Å². The number of anilines is 1. The topological polar surface area (TPSA) is 89.1 Å². The van der Waals surface area contributed by atoms with Gasteiger partial charge in [0.05, 0.1) is 14.2 Å². The molecule has 0 unspecified atom stereocenters. The fourth-order valence-electron chi connectivity index (χ4n) is 2.43. The van der Waals surface area contributed by atoms with Crippen molar-refractivity contribution in [1.82, 2.24) is 15.2 Å². The number of nitrogens with zero attached hydrogens (tertiary/aromatic N) is 2. The number of rotatable bonds is 7. The number of ether oxygens (including phenoxy) is 2. The Labute approximate surface area is 151 Å². The van der Waals surface area contributed by atoms with Crippen molar-refractivity contribution < 1.29 is 14.3 Å². The molecule has 7 nitrogen and oxygen atoms in total. The van der Waals surface area contributed by atoms with Crippen LogP contribution in [-0.2, 0) is 11.2 Å². The van der Waals surface area contributed by atoms with Crippen LogP contribution in [0.1, 0.15) is 12.0 Å². The van der Waals surface area contributed by atoms with Gasteiger partial charge in [0.25, 0.3) is 0 Å². The Morgan fingerprint density at radius 3 is 2.23 bits per heavy atom. The zero-order chi connectivity index (χ0) is 18.4. The summed E-state index contributed by atoms with van der Waals surface area (Å²) in [7, 11) is 3.24. The second kappa shape index (κ2) is 8.15. The first kappa shape index (κ1) is 17.5. The van der Waals surface area contributed by atoms with E-state index in [1.807, 2.05) is 48.5 Å². The molecule has 0 aliphatic rings. The third kappa shape index (κ3) is 4.38. The Kier molecular flexibility index (Phi) is 5.48. The molecule has 0 spiro atoms. The number of nitrogens with one attached hydrogen (secondary N) is 2. The van der Waals surface area contributed by atoms with Crippen molar-refractivity contribution in [2.24, 2.45) is 0 Å². The minimum Gasteiger partial charge on any atom is -0.497 e. The van der Waals surface area contributed by atoms with Crippen molar-refractivity contribution in [1.29, 1.82) is 0 Å². The van der Waals surface area contributed by atoms with Gasteiger partial charge in [-0.3, -0.25) is 15.2 Å². The van der Waals surface area contributed by atoms with Crippen LogP contribution in [0.3, 0.4) is 0 Å². The van der Waals surface area contributed by atoms with Crippen molar-refractivity contribution in [3.8, 4) is 22.9 Å². The molecule has 0 saturated carbocycles. The molecule has 3 aromatic rings. The zero-order valence-corrected chi connectivity index (χ0v) is 14.7. The molecule has 0 aliphatic carbocycles. The average Bonchev–Trinajstić information content (AvgIpc) is 3.15. The number of aromatic amines is 1. The number of carbonyl (C=O) groups excluding carboxylic acids is 1. The number of benzene rings is 2. The Bertz CT molecular complexity index is 857. The predicted octanol–water partition coefficient (Wildman–Crippen LogP) is 3.06. The van der Waals surface area contributed by atoms with Gasteiger partial charge in [-0.15, -0.1) is 5.10 Å². The maximum absolute atomic E-state index is 12.1. The van der Waals surface area contributed by atoms with Crippen LogP contribution in [0.2, 0.25) is 0 Å². The molecular weight excluding hydrogens is 332 g/mol. The summed E-state index contributed by atoms with van der Waals surface area (Å²) in [4.78, 5) is 16.4. The van der Waals surface area contributed by atoms with E-state index < -0.39 is 0 Å². The van der Waals surface area contributed by atoms with E-state index in [0.717, 1.165) is 22.6 Å². The van der Waals surface area contributed by atoms with Crippen LogP contribution in [0.15, 0.2) is 48.5 Å². The zero-order valence-electron chi connectivity index (χ0n) is 14.7. The lowest BCUT2D eigenvalue weighted by Gasteiger charge is -2.03. The monoisotopic (exact) mass is 352 g/mol. The van der Waals surface area contributed by atoms with Gasteiger partial charge in [0.2, 0.25) is 11.9 Å².